The van der Waals surface area contributed by atoms with Gasteiger partial charge in [-0.15, -0.1) is 0 Å². The van der Waals surface area contributed by atoms with Crippen molar-refractivity contribution in [3.8, 4) is 0 Å². The van der Waals surface area contributed by atoms with E-state index in [1.807, 2.05) is 19.1 Å². The molecule has 1 atom stereocenters. The molecule has 1 N–H and O–H groups in total. The molecule has 1 heterocycles. The maximum absolute atomic E-state index is 14.1. The molecule has 0 spiro atoms. The van der Waals surface area contributed by atoms with Gasteiger partial charge in [-0.3, -0.25) is 10.2 Å². The standard InChI is InChI=1S/C20H23F3N2O/c1-4-7-13-8-5-10-15-14(13)9-6-11-16(15)18(20(21,22)23)25-19(2,3)12-17(26)24-25/h5-6,8-11,18H,4,7,12H2,1-3H3,(H,24,26)/t18-/m0/s1. The number of hydrogen-bond donors (Lipinski definition) is 1. The maximum Gasteiger partial charge on any atom is 0.409 e. The summed E-state index contributed by atoms with van der Waals surface area (Å²) in [5.74, 6) is -0.392. The first-order valence-electron chi connectivity index (χ1n) is 8.81. The van der Waals surface area contributed by atoms with E-state index < -0.39 is 23.7 Å². The number of fused-ring (bicyclic) bond motifs is 1. The minimum absolute atomic E-state index is 0.0332. The fraction of sp³-hybridized carbons (Fsp3) is 0.450. The fourth-order valence-electron chi connectivity index (χ4n) is 3.80. The lowest BCUT2D eigenvalue weighted by molar-refractivity contribution is -0.203. The number of halogens is 3. The molecule has 1 amide bonds. The number of carbonyl (C=O) groups is 1. The summed E-state index contributed by atoms with van der Waals surface area (Å²) in [7, 11) is 0. The molecule has 1 aliphatic heterocycles. The third-order valence-corrected chi connectivity index (χ3v) is 4.92. The third kappa shape index (κ3) is 3.30. The molecule has 1 aliphatic rings. The minimum atomic E-state index is -4.52. The van der Waals surface area contributed by atoms with Gasteiger partial charge >= 0.3 is 6.18 Å². The summed E-state index contributed by atoms with van der Waals surface area (Å²) < 4.78 is 42.3. The van der Waals surface area contributed by atoms with E-state index in [1.54, 1.807) is 32.0 Å². The number of carbonyl (C=O) groups excluding carboxylic acids is 1. The molecule has 1 fully saturated rings. The zero-order valence-corrected chi connectivity index (χ0v) is 15.2. The van der Waals surface area contributed by atoms with Crippen molar-refractivity contribution in [1.82, 2.24) is 10.4 Å². The second-order valence-electron chi connectivity index (χ2n) is 7.45. The van der Waals surface area contributed by atoms with E-state index >= 15 is 0 Å². The average Bonchev–Trinajstić information content (AvgIpc) is 2.79. The first-order chi connectivity index (χ1) is 12.1. The molecule has 0 bridgehead atoms. The van der Waals surface area contributed by atoms with Gasteiger partial charge in [-0.25, -0.2) is 0 Å². The molecule has 0 unspecified atom stereocenters. The fourth-order valence-corrected chi connectivity index (χ4v) is 3.80. The average molecular weight is 364 g/mol. The van der Waals surface area contributed by atoms with Crippen LogP contribution in [0.1, 0.15) is 50.8 Å². The minimum Gasteiger partial charge on any atom is -0.287 e. The van der Waals surface area contributed by atoms with E-state index in [-0.39, 0.29) is 12.0 Å². The van der Waals surface area contributed by atoms with Crippen LogP contribution >= 0.6 is 0 Å². The topological polar surface area (TPSA) is 32.3 Å². The molecule has 0 saturated carbocycles. The molecule has 3 nitrogen and oxygen atoms in total. The third-order valence-electron chi connectivity index (χ3n) is 4.92. The summed E-state index contributed by atoms with van der Waals surface area (Å²) in [5, 5.41) is 2.48. The summed E-state index contributed by atoms with van der Waals surface area (Å²) in [5.41, 5.74) is 2.71. The number of hydrogen-bond acceptors (Lipinski definition) is 2. The van der Waals surface area contributed by atoms with Gasteiger partial charge in [0.2, 0.25) is 5.91 Å². The zero-order chi connectivity index (χ0) is 19.1. The molecular weight excluding hydrogens is 341 g/mol. The van der Waals surface area contributed by atoms with Gasteiger partial charge in [0, 0.05) is 12.0 Å². The van der Waals surface area contributed by atoms with Crippen LogP contribution in [0.3, 0.4) is 0 Å². The van der Waals surface area contributed by atoms with Crippen LogP contribution in [0.15, 0.2) is 36.4 Å². The van der Waals surface area contributed by atoms with Crippen LogP contribution in [0.2, 0.25) is 0 Å². The van der Waals surface area contributed by atoms with Crippen molar-refractivity contribution >= 4 is 16.7 Å². The van der Waals surface area contributed by atoms with Crippen molar-refractivity contribution in [2.75, 3.05) is 0 Å². The summed E-state index contributed by atoms with van der Waals surface area (Å²) >= 11 is 0. The van der Waals surface area contributed by atoms with E-state index in [0.29, 0.717) is 5.39 Å². The molecule has 1 saturated heterocycles. The molecular formula is C20H23F3N2O. The van der Waals surface area contributed by atoms with Gasteiger partial charge in [0.1, 0.15) is 0 Å². The Kier molecular flexibility index (Phi) is 4.73. The van der Waals surface area contributed by atoms with Crippen LogP contribution < -0.4 is 5.43 Å². The molecule has 2 aromatic carbocycles. The molecule has 6 heteroatoms. The Hall–Kier alpha value is -2.08. The second kappa shape index (κ2) is 6.58. The molecule has 3 rings (SSSR count). The van der Waals surface area contributed by atoms with E-state index in [9.17, 15) is 18.0 Å². The SMILES string of the molecule is CCCc1cccc2c([C@H](N3NC(=O)CC3(C)C)C(F)(F)F)cccc12. The Morgan fingerprint density at radius 1 is 1.15 bits per heavy atom. The van der Waals surface area contributed by atoms with Crippen molar-refractivity contribution in [2.45, 2.75) is 57.8 Å². The maximum atomic E-state index is 14.1. The summed E-state index contributed by atoms with van der Waals surface area (Å²) in [6.45, 7) is 5.35. The summed E-state index contributed by atoms with van der Waals surface area (Å²) in [6.07, 6.45) is -2.76. The number of nitrogens with one attached hydrogen (secondary N) is 1. The van der Waals surface area contributed by atoms with Gasteiger partial charge < -0.3 is 0 Å². The predicted octanol–water partition coefficient (Wildman–Crippen LogP) is 4.91. The van der Waals surface area contributed by atoms with Crippen LogP contribution in [-0.2, 0) is 11.2 Å². The normalized spacial score (nSPS) is 18.9. The Labute approximate surface area is 151 Å². The van der Waals surface area contributed by atoms with Crippen molar-refractivity contribution in [2.24, 2.45) is 0 Å². The second-order valence-corrected chi connectivity index (χ2v) is 7.45. The van der Waals surface area contributed by atoms with Crippen molar-refractivity contribution in [1.29, 1.82) is 0 Å². The van der Waals surface area contributed by atoms with Gasteiger partial charge in [-0.2, -0.15) is 18.2 Å². The first-order valence-corrected chi connectivity index (χ1v) is 8.81. The van der Waals surface area contributed by atoms with E-state index in [4.69, 9.17) is 0 Å². The smallest absolute Gasteiger partial charge is 0.287 e. The van der Waals surface area contributed by atoms with Crippen molar-refractivity contribution < 1.29 is 18.0 Å². The number of benzene rings is 2. The highest BCUT2D eigenvalue weighted by Gasteiger charge is 2.53. The Bertz CT molecular complexity index is 829. The highest BCUT2D eigenvalue weighted by molar-refractivity contribution is 5.89. The molecule has 2 aromatic rings. The van der Waals surface area contributed by atoms with Gasteiger partial charge in [0.25, 0.3) is 0 Å². The number of nitrogens with zero attached hydrogens (tertiary/aromatic N) is 1. The molecule has 0 radical (unpaired) electrons. The molecule has 140 valence electrons. The van der Waals surface area contributed by atoms with Crippen molar-refractivity contribution in [3.63, 3.8) is 0 Å². The van der Waals surface area contributed by atoms with Crippen molar-refractivity contribution in [3.05, 3.63) is 47.5 Å². The number of hydrazine groups is 1. The number of aryl methyl sites for hydroxylation is 1. The molecule has 0 aromatic heterocycles. The zero-order valence-electron chi connectivity index (χ0n) is 15.2. The van der Waals surface area contributed by atoms with Crippen LogP contribution in [0.5, 0.6) is 0 Å². The lowest BCUT2D eigenvalue weighted by atomic mass is 9.91. The van der Waals surface area contributed by atoms with Gasteiger partial charge in [-0.05, 0) is 42.2 Å². The van der Waals surface area contributed by atoms with Gasteiger partial charge in [0.05, 0.1) is 0 Å². The molecule has 0 aliphatic carbocycles. The van der Waals surface area contributed by atoms with Gasteiger partial charge in [-0.1, -0.05) is 49.7 Å². The predicted molar refractivity (Wildman–Crippen MR) is 95.4 cm³/mol. The van der Waals surface area contributed by atoms with Crippen LogP contribution in [0.25, 0.3) is 10.8 Å². The highest BCUT2D eigenvalue weighted by atomic mass is 19.4. The lowest BCUT2D eigenvalue weighted by Crippen LogP contribution is -2.51. The lowest BCUT2D eigenvalue weighted by Gasteiger charge is -2.38. The van der Waals surface area contributed by atoms with Crippen LogP contribution in [-0.4, -0.2) is 22.6 Å². The number of rotatable bonds is 4. The van der Waals surface area contributed by atoms with E-state index in [1.165, 1.54) is 6.07 Å². The number of alkyl halides is 3. The Morgan fingerprint density at radius 2 is 1.81 bits per heavy atom. The number of amides is 1. The first kappa shape index (κ1) is 18.7. The van der Waals surface area contributed by atoms with E-state index in [0.717, 1.165) is 28.8 Å². The quantitative estimate of drug-likeness (QED) is 0.836. The Balaban J connectivity index is 2.20. The van der Waals surface area contributed by atoms with E-state index in [2.05, 4.69) is 5.43 Å². The largest absolute Gasteiger partial charge is 0.409 e. The summed E-state index contributed by atoms with van der Waals surface area (Å²) in [4.78, 5) is 11.8. The summed E-state index contributed by atoms with van der Waals surface area (Å²) in [6, 6.07) is 8.64. The monoisotopic (exact) mass is 364 g/mol. The van der Waals surface area contributed by atoms with Gasteiger partial charge in [0.15, 0.2) is 6.04 Å². The van der Waals surface area contributed by atoms with Crippen LogP contribution in [0, 0.1) is 0 Å². The molecule has 26 heavy (non-hydrogen) atoms. The van der Waals surface area contributed by atoms with Crippen LogP contribution in [0.4, 0.5) is 13.2 Å². The highest BCUT2D eigenvalue weighted by Crippen LogP contribution is 2.44. The Morgan fingerprint density at radius 3 is 2.38 bits per heavy atom.